The second-order valence-electron chi connectivity index (χ2n) is 6.45. The molecule has 18 heavy (non-hydrogen) atoms. The molecule has 2 rings (SSSR count). The summed E-state index contributed by atoms with van der Waals surface area (Å²) in [5.74, 6) is 1.20. The number of piperidine rings is 1. The van der Waals surface area contributed by atoms with E-state index in [0.29, 0.717) is 11.7 Å². The standard InChI is InChI=1S/C16H29NO/c1-3-16(2,17-11-7-4-8-12-17)15(18)13-14-9-5-6-10-14/h14H,3-13H2,1-2H3. The topological polar surface area (TPSA) is 20.3 Å². The van der Waals surface area contributed by atoms with Crippen LogP contribution >= 0.6 is 0 Å². The maximum Gasteiger partial charge on any atom is 0.153 e. The van der Waals surface area contributed by atoms with E-state index in [1.807, 2.05) is 0 Å². The third-order valence-corrected chi connectivity index (χ3v) is 5.29. The van der Waals surface area contributed by atoms with Crippen LogP contribution in [-0.4, -0.2) is 29.3 Å². The summed E-state index contributed by atoms with van der Waals surface area (Å²) in [4.78, 5) is 15.2. The second kappa shape index (κ2) is 6.18. The molecule has 0 amide bonds. The normalized spacial score (nSPS) is 26.1. The highest BCUT2D eigenvalue weighted by molar-refractivity contribution is 5.88. The average molecular weight is 251 g/mol. The molecular formula is C16H29NO. The van der Waals surface area contributed by atoms with E-state index in [4.69, 9.17) is 0 Å². The molecule has 1 unspecified atom stereocenters. The minimum absolute atomic E-state index is 0.178. The summed E-state index contributed by atoms with van der Waals surface area (Å²) >= 11 is 0. The molecule has 0 spiro atoms. The molecule has 2 nitrogen and oxygen atoms in total. The first-order chi connectivity index (χ1) is 8.66. The average Bonchev–Trinajstić information content (AvgIpc) is 2.91. The van der Waals surface area contributed by atoms with Crippen molar-refractivity contribution in [2.45, 2.75) is 77.2 Å². The highest BCUT2D eigenvalue weighted by Gasteiger charge is 2.38. The lowest BCUT2D eigenvalue weighted by atomic mass is 9.84. The molecule has 0 bridgehead atoms. The van der Waals surface area contributed by atoms with Gasteiger partial charge in [-0.3, -0.25) is 9.69 Å². The van der Waals surface area contributed by atoms with E-state index in [9.17, 15) is 4.79 Å². The summed E-state index contributed by atoms with van der Waals surface area (Å²) in [5.41, 5.74) is -0.178. The smallest absolute Gasteiger partial charge is 0.153 e. The van der Waals surface area contributed by atoms with Crippen LogP contribution in [0.3, 0.4) is 0 Å². The van der Waals surface area contributed by atoms with Gasteiger partial charge in [0, 0.05) is 6.42 Å². The van der Waals surface area contributed by atoms with Crippen molar-refractivity contribution in [3.8, 4) is 0 Å². The summed E-state index contributed by atoms with van der Waals surface area (Å²) < 4.78 is 0. The van der Waals surface area contributed by atoms with Gasteiger partial charge < -0.3 is 0 Å². The number of nitrogens with zero attached hydrogens (tertiary/aromatic N) is 1. The SMILES string of the molecule is CCC(C)(C(=O)CC1CCCC1)N1CCCCC1. The third kappa shape index (κ3) is 2.96. The van der Waals surface area contributed by atoms with Gasteiger partial charge >= 0.3 is 0 Å². The van der Waals surface area contributed by atoms with E-state index >= 15 is 0 Å². The van der Waals surface area contributed by atoms with Gasteiger partial charge in [-0.25, -0.2) is 0 Å². The van der Waals surface area contributed by atoms with Gasteiger partial charge in [-0.05, 0) is 45.2 Å². The van der Waals surface area contributed by atoms with Crippen molar-refractivity contribution in [3.05, 3.63) is 0 Å². The number of hydrogen-bond acceptors (Lipinski definition) is 2. The van der Waals surface area contributed by atoms with Crippen LogP contribution in [0.25, 0.3) is 0 Å². The van der Waals surface area contributed by atoms with Gasteiger partial charge in [0.25, 0.3) is 0 Å². The fourth-order valence-corrected chi connectivity index (χ4v) is 3.68. The maximum atomic E-state index is 12.7. The summed E-state index contributed by atoms with van der Waals surface area (Å²) in [6, 6.07) is 0. The Morgan fingerprint density at radius 2 is 1.72 bits per heavy atom. The Kier molecular flexibility index (Phi) is 4.83. The van der Waals surface area contributed by atoms with Crippen LogP contribution < -0.4 is 0 Å². The van der Waals surface area contributed by atoms with Gasteiger partial charge in [0.05, 0.1) is 5.54 Å². The largest absolute Gasteiger partial charge is 0.298 e. The first-order valence-electron chi connectivity index (χ1n) is 7.95. The molecule has 1 atom stereocenters. The molecule has 0 aromatic carbocycles. The Hall–Kier alpha value is -0.370. The zero-order valence-electron chi connectivity index (χ0n) is 12.2. The molecule has 2 heteroatoms. The number of Topliss-reactive ketones (excluding diaryl/α,β-unsaturated/α-hetero) is 1. The minimum Gasteiger partial charge on any atom is -0.298 e. The van der Waals surface area contributed by atoms with Crippen LogP contribution in [-0.2, 0) is 4.79 Å². The zero-order chi connectivity index (χ0) is 13.0. The number of carbonyl (C=O) groups excluding carboxylic acids is 1. The molecule has 1 saturated heterocycles. The number of hydrogen-bond donors (Lipinski definition) is 0. The number of ketones is 1. The lowest BCUT2D eigenvalue weighted by Gasteiger charge is -2.42. The van der Waals surface area contributed by atoms with Crippen LogP contribution in [0.15, 0.2) is 0 Å². The molecule has 2 aliphatic rings. The molecule has 0 N–H and O–H groups in total. The molecule has 1 aliphatic carbocycles. The Morgan fingerprint density at radius 3 is 2.28 bits per heavy atom. The Labute approximate surface area is 112 Å². The summed E-state index contributed by atoms with van der Waals surface area (Å²) in [6.07, 6.45) is 10.9. The van der Waals surface area contributed by atoms with E-state index in [-0.39, 0.29) is 5.54 Å². The van der Waals surface area contributed by atoms with Crippen molar-refractivity contribution in [2.24, 2.45) is 5.92 Å². The minimum atomic E-state index is -0.178. The lowest BCUT2D eigenvalue weighted by Crippen LogP contribution is -2.54. The van der Waals surface area contributed by atoms with Crippen LogP contribution in [0.5, 0.6) is 0 Å². The van der Waals surface area contributed by atoms with Crippen molar-refractivity contribution >= 4 is 5.78 Å². The number of likely N-dealkylation sites (tertiary alicyclic amines) is 1. The van der Waals surface area contributed by atoms with Crippen molar-refractivity contribution in [3.63, 3.8) is 0 Å². The van der Waals surface area contributed by atoms with Crippen molar-refractivity contribution in [1.82, 2.24) is 4.90 Å². The Balaban J connectivity index is 1.97. The van der Waals surface area contributed by atoms with Gasteiger partial charge in [-0.1, -0.05) is 39.0 Å². The number of carbonyl (C=O) groups is 1. The fraction of sp³-hybridized carbons (Fsp3) is 0.938. The van der Waals surface area contributed by atoms with Gasteiger partial charge in [0.15, 0.2) is 5.78 Å². The van der Waals surface area contributed by atoms with Gasteiger partial charge in [-0.15, -0.1) is 0 Å². The van der Waals surface area contributed by atoms with Gasteiger partial charge in [0.2, 0.25) is 0 Å². The second-order valence-corrected chi connectivity index (χ2v) is 6.45. The van der Waals surface area contributed by atoms with E-state index in [2.05, 4.69) is 18.7 Å². The van der Waals surface area contributed by atoms with E-state index in [1.54, 1.807) is 0 Å². The molecule has 1 saturated carbocycles. The molecule has 1 heterocycles. The van der Waals surface area contributed by atoms with Gasteiger partial charge in [-0.2, -0.15) is 0 Å². The van der Waals surface area contributed by atoms with Crippen molar-refractivity contribution < 1.29 is 4.79 Å². The monoisotopic (exact) mass is 251 g/mol. The van der Waals surface area contributed by atoms with Crippen LogP contribution in [0, 0.1) is 5.92 Å². The van der Waals surface area contributed by atoms with Gasteiger partial charge in [0.1, 0.15) is 0 Å². The molecule has 0 aromatic heterocycles. The number of rotatable bonds is 5. The molecule has 0 aromatic rings. The summed E-state index contributed by atoms with van der Waals surface area (Å²) in [6.45, 7) is 6.62. The molecular weight excluding hydrogens is 222 g/mol. The molecule has 1 aliphatic heterocycles. The van der Waals surface area contributed by atoms with Crippen molar-refractivity contribution in [2.75, 3.05) is 13.1 Å². The van der Waals surface area contributed by atoms with Crippen LogP contribution in [0.4, 0.5) is 0 Å². The Bertz CT molecular complexity index is 277. The molecule has 104 valence electrons. The Morgan fingerprint density at radius 1 is 1.11 bits per heavy atom. The first kappa shape index (κ1) is 14.0. The third-order valence-electron chi connectivity index (χ3n) is 5.29. The fourth-order valence-electron chi connectivity index (χ4n) is 3.68. The quantitative estimate of drug-likeness (QED) is 0.741. The maximum absolute atomic E-state index is 12.7. The molecule has 2 fully saturated rings. The predicted octanol–water partition coefficient (Wildman–Crippen LogP) is 3.79. The predicted molar refractivity (Wildman–Crippen MR) is 75.7 cm³/mol. The first-order valence-corrected chi connectivity index (χ1v) is 7.95. The molecule has 0 radical (unpaired) electrons. The van der Waals surface area contributed by atoms with Crippen LogP contribution in [0.2, 0.25) is 0 Å². The lowest BCUT2D eigenvalue weighted by molar-refractivity contribution is -0.132. The zero-order valence-corrected chi connectivity index (χ0v) is 12.2. The highest BCUT2D eigenvalue weighted by atomic mass is 16.1. The van der Waals surface area contributed by atoms with E-state index in [0.717, 1.165) is 25.9 Å². The summed E-state index contributed by atoms with van der Waals surface area (Å²) in [7, 11) is 0. The van der Waals surface area contributed by atoms with Crippen LogP contribution in [0.1, 0.15) is 71.6 Å². The van der Waals surface area contributed by atoms with E-state index in [1.165, 1.54) is 44.9 Å². The summed E-state index contributed by atoms with van der Waals surface area (Å²) in [5, 5.41) is 0. The van der Waals surface area contributed by atoms with Crippen molar-refractivity contribution in [1.29, 1.82) is 0 Å². The highest BCUT2D eigenvalue weighted by Crippen LogP contribution is 2.32. The van der Waals surface area contributed by atoms with E-state index < -0.39 is 0 Å².